The highest BCUT2D eigenvalue weighted by Gasteiger charge is 2.41. The van der Waals surface area contributed by atoms with Gasteiger partial charge in [-0.15, -0.1) is 0 Å². The number of unbranched alkanes of at least 4 members (excludes halogenated alkanes) is 2. The molecule has 30 heteroatoms. The van der Waals surface area contributed by atoms with Gasteiger partial charge >= 0.3 is 5.97 Å². The smallest absolute Gasteiger partial charge is 0.326 e. The number of carboxylic acid groups (broad SMARTS) is 2. The minimum Gasteiger partial charge on any atom is -0.481 e. The Morgan fingerprint density at radius 1 is 0.593 bits per heavy atom. The standard InChI is InChI=1S/C54H101N15O12S.C2H4O2/c1-10-33(8)43(68-44(71)34(57)17-15-24-60-54(58)59)51(78)65-39(28-31(4)5)48(75)64-38(27-30(2)3)47(74)62-35(18-11-13-22-55)45(72)61-36(19-12-14-23-56)46(73)63-37(21-26-82-9)52(79)69-25-16-20-41(69)50(77)66-40(29-70)49(76)67-42(32(6)7)53(80)81;1-2(3)4/h30-43,70H,10-29,55-57H2,1-9H3,(H,61,72)(H,62,74)(H,63,73)(H,64,75)(H,65,78)(H,66,77)(H,67,76)(H,68,71)(H,80,81)(H4,58,59,60);1H3,(H,3,4). The van der Waals surface area contributed by atoms with Gasteiger partial charge in [-0.05, 0) is 132 Å². The molecule has 1 aliphatic rings. The summed E-state index contributed by atoms with van der Waals surface area (Å²) in [6.45, 7) is 15.4. The maximum Gasteiger partial charge on any atom is 0.326 e. The molecule has 11 atom stereocenters. The zero-order valence-electron chi connectivity index (χ0n) is 52.2. The van der Waals surface area contributed by atoms with Crippen LogP contribution in [-0.4, -0.2) is 196 Å². The Labute approximate surface area is 511 Å². The van der Waals surface area contributed by atoms with Crippen LogP contribution in [-0.2, 0) is 52.7 Å². The number of carbonyl (C=O) groups is 11. The van der Waals surface area contributed by atoms with Crippen LogP contribution in [0.5, 0.6) is 0 Å². The first-order valence-electron chi connectivity index (χ1n) is 29.9. The Morgan fingerprint density at radius 3 is 1.48 bits per heavy atom. The highest BCUT2D eigenvalue weighted by Crippen LogP contribution is 2.21. The second-order valence-electron chi connectivity index (χ2n) is 22.9. The van der Waals surface area contributed by atoms with Crippen molar-refractivity contribution in [2.45, 2.75) is 213 Å². The van der Waals surface area contributed by atoms with Crippen molar-refractivity contribution in [2.75, 3.05) is 44.8 Å². The lowest BCUT2D eigenvalue weighted by Gasteiger charge is -2.31. The number of nitrogens with one attached hydrogen (secondary N) is 8. The summed E-state index contributed by atoms with van der Waals surface area (Å²) in [4.78, 5) is 152. The number of aliphatic carboxylic acids is 2. The van der Waals surface area contributed by atoms with E-state index in [-0.39, 0.29) is 94.8 Å². The van der Waals surface area contributed by atoms with E-state index in [0.717, 1.165) is 6.92 Å². The van der Waals surface area contributed by atoms with Gasteiger partial charge in [-0.2, -0.15) is 11.8 Å². The minimum absolute atomic E-state index is 0.0879. The van der Waals surface area contributed by atoms with Gasteiger partial charge in [0.05, 0.1) is 12.6 Å². The number of thioether (sulfide) groups is 1. The molecule has 1 aliphatic heterocycles. The summed E-state index contributed by atoms with van der Waals surface area (Å²) in [7, 11) is 0. The molecule has 0 aromatic rings. The number of guanidine groups is 1. The molecule has 0 aliphatic carbocycles. The number of rotatable bonds is 41. The Bertz CT molecular complexity index is 2190. The number of carbonyl (C=O) groups excluding carboxylic acids is 9. The normalized spacial score (nSPS) is 16.4. The lowest BCUT2D eigenvalue weighted by Crippen LogP contribution is -2.61. The van der Waals surface area contributed by atoms with Gasteiger partial charge in [0.25, 0.3) is 5.97 Å². The molecule has 11 unspecified atom stereocenters. The highest BCUT2D eigenvalue weighted by molar-refractivity contribution is 7.98. The molecule has 1 saturated heterocycles. The summed E-state index contributed by atoms with van der Waals surface area (Å²) in [6.07, 6.45) is 5.88. The zero-order valence-corrected chi connectivity index (χ0v) is 53.1. The third-order valence-electron chi connectivity index (χ3n) is 14.0. The summed E-state index contributed by atoms with van der Waals surface area (Å²) in [6, 6.07) is -11.9. The lowest BCUT2D eigenvalue weighted by molar-refractivity contribution is -0.144. The Hall–Kier alpha value is -6.37. The quantitative estimate of drug-likeness (QED) is 0.0183. The molecular formula is C56H105N15O14S. The number of likely N-dealkylation sites (tertiary alicyclic amines) is 1. The maximum atomic E-state index is 14.4. The molecule has 0 aromatic heterocycles. The molecule has 9 amide bonds. The van der Waals surface area contributed by atoms with Gasteiger partial charge in [0.15, 0.2) is 5.96 Å². The summed E-state index contributed by atoms with van der Waals surface area (Å²) < 4.78 is 0. The molecule has 494 valence electrons. The summed E-state index contributed by atoms with van der Waals surface area (Å²) >= 11 is 1.41. The van der Waals surface area contributed by atoms with E-state index in [4.69, 9.17) is 38.6 Å². The Balaban J connectivity index is 0.0000175. The molecule has 1 fully saturated rings. The van der Waals surface area contributed by atoms with Crippen molar-refractivity contribution in [1.82, 2.24) is 47.4 Å². The monoisotopic (exact) mass is 1240 g/mol. The van der Waals surface area contributed by atoms with Gasteiger partial charge in [-0.3, -0.25) is 52.9 Å². The molecule has 1 rings (SSSR count). The first-order valence-corrected chi connectivity index (χ1v) is 31.3. The Kier molecular flexibility index (Phi) is 40.1. The van der Waals surface area contributed by atoms with E-state index in [9.17, 15) is 58.2 Å². The highest BCUT2D eigenvalue weighted by atomic mass is 32.2. The van der Waals surface area contributed by atoms with Crippen LogP contribution in [0, 0.1) is 23.7 Å². The van der Waals surface area contributed by atoms with Gasteiger partial charge in [0.2, 0.25) is 53.2 Å². The molecular weight excluding hydrogens is 1140 g/mol. The van der Waals surface area contributed by atoms with Crippen LogP contribution in [0.1, 0.15) is 152 Å². The van der Waals surface area contributed by atoms with Crippen LogP contribution >= 0.6 is 11.8 Å². The molecule has 86 heavy (non-hydrogen) atoms. The van der Waals surface area contributed by atoms with Gasteiger partial charge < -0.3 is 91.4 Å². The van der Waals surface area contributed by atoms with Crippen molar-refractivity contribution in [3.63, 3.8) is 0 Å². The van der Waals surface area contributed by atoms with E-state index in [0.29, 0.717) is 50.7 Å². The number of amides is 9. The van der Waals surface area contributed by atoms with Gasteiger partial charge in [-0.1, -0.05) is 61.8 Å². The number of aliphatic imine (C=N–C) groups is 1. The van der Waals surface area contributed by atoms with Crippen LogP contribution in [0.4, 0.5) is 0 Å². The zero-order chi connectivity index (χ0) is 65.8. The van der Waals surface area contributed by atoms with Crippen LogP contribution in [0.2, 0.25) is 0 Å². The minimum atomic E-state index is -1.52. The Morgan fingerprint density at radius 2 is 1.05 bits per heavy atom. The summed E-state index contributed by atoms with van der Waals surface area (Å²) in [5, 5.41) is 48.6. The second-order valence-corrected chi connectivity index (χ2v) is 23.8. The molecule has 0 radical (unpaired) electrons. The van der Waals surface area contributed by atoms with Gasteiger partial charge in [0.1, 0.15) is 54.4 Å². The van der Waals surface area contributed by atoms with Crippen molar-refractivity contribution in [3.8, 4) is 0 Å². The van der Waals surface area contributed by atoms with Crippen molar-refractivity contribution in [1.29, 1.82) is 0 Å². The van der Waals surface area contributed by atoms with E-state index in [1.165, 1.54) is 16.7 Å². The SMILES string of the molecule is CC(=O)O.CCC(C)C(NC(=O)C(N)CCCN=C(N)N)C(=O)NC(CC(C)C)C(=O)NC(CC(C)C)C(=O)NC(CCCCN)C(=O)NC(CCCCN)C(=O)NC(CCSC)C(=O)N1CCCC1C(=O)NC(CO)C(=O)NC(C(=O)O)C(C)C. The van der Waals surface area contributed by atoms with Crippen molar-refractivity contribution in [3.05, 3.63) is 0 Å². The van der Waals surface area contributed by atoms with Crippen molar-refractivity contribution in [2.24, 2.45) is 57.3 Å². The number of hydrogen-bond donors (Lipinski definition) is 16. The van der Waals surface area contributed by atoms with Crippen molar-refractivity contribution < 1.29 is 68.1 Å². The fraction of sp³-hybridized carbons (Fsp3) is 0.786. The fourth-order valence-corrected chi connectivity index (χ4v) is 9.59. The maximum absolute atomic E-state index is 14.4. The molecule has 0 spiro atoms. The van der Waals surface area contributed by atoms with E-state index in [2.05, 4.69) is 47.5 Å². The lowest BCUT2D eigenvalue weighted by atomic mass is 9.96. The second kappa shape index (κ2) is 43.3. The molecule has 21 N–H and O–H groups in total. The summed E-state index contributed by atoms with van der Waals surface area (Å²) in [5.41, 5.74) is 28.6. The molecule has 0 saturated carbocycles. The van der Waals surface area contributed by atoms with E-state index in [1.54, 1.807) is 20.8 Å². The van der Waals surface area contributed by atoms with Crippen LogP contribution in [0.3, 0.4) is 0 Å². The van der Waals surface area contributed by atoms with Crippen molar-refractivity contribution >= 4 is 82.8 Å². The van der Waals surface area contributed by atoms with E-state index >= 15 is 0 Å². The first-order chi connectivity index (χ1) is 40.4. The third kappa shape index (κ3) is 31.3. The average molecular weight is 1240 g/mol. The largest absolute Gasteiger partial charge is 0.481 e. The molecule has 29 nitrogen and oxygen atoms in total. The summed E-state index contributed by atoms with van der Waals surface area (Å²) in [5.74, 6) is -9.26. The first kappa shape index (κ1) is 79.6. The van der Waals surface area contributed by atoms with E-state index < -0.39 is 138 Å². The van der Waals surface area contributed by atoms with Gasteiger partial charge in [-0.25, -0.2) is 4.79 Å². The number of aliphatic hydroxyl groups is 1. The number of nitrogens with two attached hydrogens (primary N) is 5. The topological polar surface area (TPSA) is 490 Å². The molecule has 0 bridgehead atoms. The number of aliphatic hydroxyl groups excluding tert-OH is 1. The molecule has 1 heterocycles. The number of hydrogen-bond acceptors (Lipinski definition) is 17. The number of nitrogens with zero attached hydrogens (tertiary/aromatic N) is 2. The predicted octanol–water partition coefficient (Wildman–Crippen LogP) is -1.79. The predicted molar refractivity (Wildman–Crippen MR) is 328 cm³/mol. The van der Waals surface area contributed by atoms with Crippen LogP contribution in [0.25, 0.3) is 0 Å². The number of carboxylic acids is 2. The van der Waals surface area contributed by atoms with Crippen LogP contribution in [0.15, 0.2) is 4.99 Å². The molecule has 0 aromatic carbocycles. The fourth-order valence-electron chi connectivity index (χ4n) is 9.12. The van der Waals surface area contributed by atoms with Gasteiger partial charge in [0, 0.05) is 20.0 Å². The third-order valence-corrected chi connectivity index (χ3v) is 14.7. The average Bonchev–Trinajstić information content (AvgIpc) is 4.16. The van der Waals surface area contributed by atoms with E-state index in [1.807, 2.05) is 40.9 Å². The van der Waals surface area contributed by atoms with Crippen LogP contribution < -0.4 is 71.2 Å².